The van der Waals surface area contributed by atoms with Gasteiger partial charge in [-0.3, -0.25) is 9.55 Å². The quantitative estimate of drug-likeness (QED) is 0.165. The van der Waals surface area contributed by atoms with E-state index in [1.54, 1.807) is 6.07 Å². The summed E-state index contributed by atoms with van der Waals surface area (Å²) < 4.78 is 121. The van der Waals surface area contributed by atoms with Gasteiger partial charge in [-0.2, -0.15) is 0 Å². The Hall–Kier alpha value is -5.84. The Labute approximate surface area is 343 Å². The second-order valence-electron chi connectivity index (χ2n) is 16.2. The largest absolute Gasteiger partial charge is 0.503 e. The molecule has 0 saturated heterocycles. The minimum absolute atomic E-state index is 0.00328. The van der Waals surface area contributed by atoms with Gasteiger partial charge in [-0.05, 0) is 92.3 Å². The molecule has 1 aliphatic rings. The Morgan fingerprint density at radius 3 is 2.04 bits per heavy atom. The van der Waals surface area contributed by atoms with Gasteiger partial charge >= 0.3 is 6.01 Å². The number of aromatic nitrogens is 3. The molecule has 0 N–H and O–H groups in total. The Kier molecular flexibility index (Phi) is 5.59. The van der Waals surface area contributed by atoms with E-state index < -0.39 is 55.1 Å². The highest BCUT2D eigenvalue weighted by molar-refractivity contribution is 6.10. The van der Waals surface area contributed by atoms with Crippen molar-refractivity contribution in [1.29, 1.82) is 0 Å². The van der Waals surface area contributed by atoms with Gasteiger partial charge in [0, 0.05) is 71.4 Å². The van der Waals surface area contributed by atoms with Crippen molar-refractivity contribution in [3.8, 4) is 17.3 Å². The summed E-state index contributed by atoms with van der Waals surface area (Å²) in [5, 5.41) is 2.00. The molecule has 0 spiro atoms. The number of hydrogen-bond donors (Lipinski definition) is 0. The molecule has 4 heterocycles. The molecule has 0 saturated carbocycles. The maximum absolute atomic E-state index is 9.14. The highest BCUT2D eigenvalue weighted by atomic mass is 16.5. The third kappa shape index (κ3) is 6.66. The van der Waals surface area contributed by atoms with Crippen LogP contribution < -0.4 is 13.9 Å². The first-order chi connectivity index (χ1) is 31.4. The van der Waals surface area contributed by atoms with Gasteiger partial charge in [-0.15, -0.1) is 0 Å². The van der Waals surface area contributed by atoms with Crippen molar-refractivity contribution in [3.63, 3.8) is 0 Å². The van der Waals surface area contributed by atoms with Gasteiger partial charge in [0.1, 0.15) is 17.3 Å². The monoisotopic (exact) mass is 738 g/mol. The number of rotatable bonds is 5. The molecule has 0 fully saturated rings. The fourth-order valence-electron chi connectivity index (χ4n) is 7.06. The summed E-state index contributed by atoms with van der Waals surface area (Å²) in [6.07, 6.45) is 1.82. The van der Waals surface area contributed by atoms with Crippen LogP contribution in [-0.4, -0.2) is 20.5 Å². The lowest BCUT2D eigenvalue weighted by molar-refractivity contribution is 0.479. The van der Waals surface area contributed by atoms with E-state index in [2.05, 4.69) is 43.5 Å². The van der Waals surface area contributed by atoms with Gasteiger partial charge in [0.25, 0.3) is 11.4 Å². The molecule has 3 aromatic heterocycles. The molecule has 1 aliphatic heterocycles. The van der Waals surface area contributed by atoms with Crippen LogP contribution in [-0.2, 0) is 16.2 Å². The van der Waals surface area contributed by atoms with E-state index in [0.29, 0.717) is 17.2 Å². The molecule has 6 nitrogen and oxygen atoms in total. The number of para-hydroxylation sites is 2. The van der Waals surface area contributed by atoms with Crippen LogP contribution in [0.15, 0.2) is 109 Å². The summed E-state index contributed by atoms with van der Waals surface area (Å²) in [4.78, 5) is 9.66. The normalized spacial score (nSPS) is 17.4. The predicted molar refractivity (Wildman–Crippen MR) is 229 cm³/mol. The van der Waals surface area contributed by atoms with E-state index in [4.69, 9.17) is 32.5 Å². The molecule has 7 aromatic rings. The first kappa shape index (κ1) is 23.8. The average Bonchev–Trinajstić information content (AvgIpc) is 3.77. The first-order valence-electron chi connectivity index (χ1n) is 24.7. The fraction of sp³-hybridized carbons (Fsp3) is 0.286. The summed E-state index contributed by atoms with van der Waals surface area (Å²) in [5.41, 5.74) is 1.81. The number of pyridine rings is 2. The van der Waals surface area contributed by atoms with E-state index in [1.807, 2.05) is 77.2 Å². The van der Waals surface area contributed by atoms with Crippen molar-refractivity contribution in [2.75, 3.05) is 0 Å². The van der Waals surface area contributed by atoms with Crippen LogP contribution in [0.1, 0.15) is 108 Å². The van der Waals surface area contributed by atoms with Gasteiger partial charge in [0.05, 0.1) is 28.3 Å². The standard InChI is InChI=1S/C49H51N5O/c1-31-24-41-40-21-20-38(29-44(40)54(46(41)32(2)51-31)45-27-34(22-23-50-45)48(6,7)8)55-39-26-35(49(9,10)11)25-37(28-39)53-30-52(42-14-12-13-15-43(42)53)36-18-16-33(17-19-36)47(3,4)5/h12-29H,1-11H3/q+2/i3D3,4D3,5D3,12D,13D,14D,15D. The number of hydrogen-bond acceptors (Lipinski definition) is 3. The molecule has 0 aliphatic carbocycles. The minimum atomic E-state index is -3.48. The van der Waals surface area contributed by atoms with E-state index >= 15 is 0 Å². The van der Waals surface area contributed by atoms with Crippen LogP contribution in [0.3, 0.4) is 0 Å². The van der Waals surface area contributed by atoms with Gasteiger partial charge in [-0.1, -0.05) is 86.3 Å². The van der Waals surface area contributed by atoms with E-state index in [9.17, 15) is 0 Å². The maximum Gasteiger partial charge on any atom is 0.503 e. The Morgan fingerprint density at radius 1 is 0.673 bits per heavy atom. The van der Waals surface area contributed by atoms with Crippen molar-refractivity contribution in [2.45, 2.75) is 92.2 Å². The predicted octanol–water partition coefficient (Wildman–Crippen LogP) is 12.7. The van der Waals surface area contributed by atoms with E-state index in [1.165, 1.54) is 21.3 Å². The second kappa shape index (κ2) is 12.9. The maximum atomic E-state index is 9.14. The van der Waals surface area contributed by atoms with Crippen LogP contribution in [0, 0.1) is 13.8 Å². The van der Waals surface area contributed by atoms with Crippen LogP contribution in [0.25, 0.3) is 27.6 Å². The summed E-state index contributed by atoms with van der Waals surface area (Å²) in [7, 11) is 0. The molecule has 0 radical (unpaired) electrons. The topological polar surface area (TPSA) is 46.0 Å². The molecule has 0 atom stereocenters. The lowest BCUT2D eigenvalue weighted by atomic mass is 9.86. The van der Waals surface area contributed by atoms with Crippen molar-refractivity contribution >= 4 is 50.6 Å². The third-order valence-electron chi connectivity index (χ3n) is 9.97. The van der Waals surface area contributed by atoms with E-state index in [-0.39, 0.29) is 28.5 Å². The molecule has 4 aromatic carbocycles. The molecule has 0 unspecified atom stereocenters. The number of fused-ring (bicyclic) bond motifs is 4. The Morgan fingerprint density at radius 2 is 1.36 bits per heavy atom. The summed E-state index contributed by atoms with van der Waals surface area (Å²) >= 11 is 0. The summed E-state index contributed by atoms with van der Waals surface area (Å²) in [5.74, 6) is 1.65. The molecular weight excluding hydrogens is 675 g/mol. The molecular formula is C49H51N5O+2. The van der Waals surface area contributed by atoms with Gasteiger partial charge in [-0.25, -0.2) is 4.98 Å². The summed E-state index contributed by atoms with van der Waals surface area (Å²) in [6.45, 7) is 6.07. The fourth-order valence-corrected chi connectivity index (χ4v) is 7.06. The zero-order valence-corrected chi connectivity index (χ0v) is 32.2. The van der Waals surface area contributed by atoms with Crippen LogP contribution >= 0.6 is 0 Å². The number of aryl methyl sites for hydroxylation is 2. The zero-order valence-electron chi connectivity index (χ0n) is 45.2. The zero-order chi connectivity index (χ0) is 50.0. The lowest BCUT2D eigenvalue weighted by Crippen LogP contribution is -2.12. The molecule has 0 bridgehead atoms. The highest BCUT2D eigenvalue weighted by Crippen LogP contribution is 2.41. The van der Waals surface area contributed by atoms with Gasteiger partial charge in [0.2, 0.25) is 11.4 Å². The molecule has 8 rings (SSSR count). The summed E-state index contributed by atoms with van der Waals surface area (Å²) in [6, 6.07) is 23.9. The molecule has 55 heavy (non-hydrogen) atoms. The molecule has 276 valence electrons. The number of nitrogens with zero attached hydrogens (tertiary/aromatic N) is 5. The Balaban J connectivity index is 1.32. The second-order valence-corrected chi connectivity index (χ2v) is 16.2. The van der Waals surface area contributed by atoms with Gasteiger partial charge < -0.3 is 4.74 Å². The van der Waals surface area contributed by atoms with Crippen LogP contribution in [0.4, 0.5) is 22.7 Å². The van der Waals surface area contributed by atoms with Crippen LogP contribution in [0.2, 0.25) is 0 Å². The molecule has 6 heteroatoms. The number of benzene rings is 4. The minimum Gasteiger partial charge on any atom is -0.457 e. The molecule has 0 amide bonds. The SMILES string of the molecule is [2H]c1c([2H])c([2H])c2c(c1[2H])[N+](c1ccc(C(C([2H])([2H])[2H])(C([2H])([2H])[2H])C([2H])([2H])[2H])cc1)=C=[N+]2c1cc(Oc2ccc3c4cc(C)nc(C)c4n(-c4cc(C(C)(C)C)ccn4)c3c2)cc(C(C)(C)C)c1. The highest BCUT2D eigenvalue weighted by Gasteiger charge is 2.37. The van der Waals surface area contributed by atoms with Gasteiger partial charge in [0.15, 0.2) is 0 Å². The smallest absolute Gasteiger partial charge is 0.457 e. The van der Waals surface area contributed by atoms with E-state index in [0.717, 1.165) is 62.3 Å². The van der Waals surface area contributed by atoms with Crippen LogP contribution in [0.5, 0.6) is 11.5 Å². The lowest BCUT2D eigenvalue weighted by Gasteiger charge is -2.20. The Bertz CT molecular complexity index is 3250. The van der Waals surface area contributed by atoms with Crippen molar-refractivity contribution in [2.24, 2.45) is 0 Å². The van der Waals surface area contributed by atoms with Crippen molar-refractivity contribution in [1.82, 2.24) is 23.7 Å². The number of ether oxygens (including phenoxy) is 1. The van der Waals surface area contributed by atoms with Crippen molar-refractivity contribution < 1.29 is 22.6 Å². The first-order valence-corrected chi connectivity index (χ1v) is 18.2. The third-order valence-corrected chi connectivity index (χ3v) is 9.97. The van der Waals surface area contributed by atoms with Crippen molar-refractivity contribution in [3.05, 3.63) is 137 Å². The average molecular weight is 739 g/mol.